The van der Waals surface area contributed by atoms with E-state index in [1.165, 1.54) is 7.11 Å². The number of alkyl halides is 2. The predicted molar refractivity (Wildman–Crippen MR) is 62.1 cm³/mol. The quantitative estimate of drug-likeness (QED) is 0.856. The zero-order valence-corrected chi connectivity index (χ0v) is 10.0. The van der Waals surface area contributed by atoms with Gasteiger partial charge in [-0.2, -0.15) is 0 Å². The summed E-state index contributed by atoms with van der Waals surface area (Å²) in [6.07, 6.45) is 0. The molecule has 0 aliphatic carbocycles. The first-order valence-corrected chi connectivity index (χ1v) is 5.22. The number of hydrogen-bond acceptors (Lipinski definition) is 2. The number of benzene rings is 1. The highest BCUT2D eigenvalue weighted by molar-refractivity contribution is 6.54. The van der Waals surface area contributed by atoms with Crippen LogP contribution in [0.5, 0.6) is 5.75 Å². The smallest absolute Gasteiger partial charge is 0.257 e. The molecule has 0 unspecified atom stereocenters. The van der Waals surface area contributed by atoms with Crippen molar-refractivity contribution >= 4 is 46.4 Å². The zero-order chi connectivity index (χ0) is 11.4. The first-order chi connectivity index (χ1) is 7.04. The van der Waals surface area contributed by atoms with Gasteiger partial charge in [0, 0.05) is 5.69 Å². The van der Waals surface area contributed by atoms with Gasteiger partial charge in [-0.1, -0.05) is 34.8 Å². The summed E-state index contributed by atoms with van der Waals surface area (Å²) in [6.45, 7) is 0. The molecule has 1 N–H and O–H groups in total. The number of anilines is 1. The summed E-state index contributed by atoms with van der Waals surface area (Å²) in [5, 5.41) is 2.89. The van der Waals surface area contributed by atoms with Gasteiger partial charge in [-0.25, -0.2) is 0 Å². The van der Waals surface area contributed by atoms with Gasteiger partial charge in [-0.3, -0.25) is 4.79 Å². The molecular weight excluding hydrogens is 260 g/mol. The van der Waals surface area contributed by atoms with E-state index in [4.69, 9.17) is 39.5 Å². The third-order valence-corrected chi connectivity index (χ3v) is 2.31. The molecule has 0 aromatic heterocycles. The van der Waals surface area contributed by atoms with Crippen LogP contribution in [0.4, 0.5) is 5.69 Å². The van der Waals surface area contributed by atoms with Crippen LogP contribution in [-0.4, -0.2) is 17.9 Å². The number of carbonyl (C=O) groups excluding carboxylic acids is 1. The van der Waals surface area contributed by atoms with Crippen molar-refractivity contribution < 1.29 is 9.53 Å². The Kier molecular flexibility index (Phi) is 4.51. The molecule has 0 spiro atoms. The average molecular weight is 269 g/mol. The number of carbonyl (C=O) groups is 1. The Balaban J connectivity index is 2.80. The maximum Gasteiger partial charge on any atom is 0.257 e. The molecule has 0 atom stereocenters. The summed E-state index contributed by atoms with van der Waals surface area (Å²) in [5.74, 6) is 0.0301. The van der Waals surface area contributed by atoms with Gasteiger partial charge in [-0.15, -0.1) is 0 Å². The molecule has 3 nitrogen and oxygen atoms in total. The van der Waals surface area contributed by atoms with Gasteiger partial charge in [-0.05, 0) is 18.2 Å². The Hall–Kier alpha value is -0.640. The maximum absolute atomic E-state index is 11.1. The topological polar surface area (TPSA) is 38.3 Å². The van der Waals surface area contributed by atoms with Crippen molar-refractivity contribution in [3.63, 3.8) is 0 Å². The van der Waals surface area contributed by atoms with Crippen molar-refractivity contribution in [2.75, 3.05) is 12.4 Å². The van der Waals surface area contributed by atoms with E-state index in [0.717, 1.165) is 0 Å². The van der Waals surface area contributed by atoms with Crippen molar-refractivity contribution in [3.8, 4) is 5.75 Å². The van der Waals surface area contributed by atoms with E-state index in [0.29, 0.717) is 16.5 Å². The Labute approximate surface area is 102 Å². The summed E-state index contributed by atoms with van der Waals surface area (Å²) in [6, 6.07) is 4.82. The van der Waals surface area contributed by atoms with Crippen molar-refractivity contribution in [2.24, 2.45) is 0 Å². The van der Waals surface area contributed by atoms with Crippen LogP contribution in [0.1, 0.15) is 0 Å². The highest BCUT2D eigenvalue weighted by Crippen LogP contribution is 2.27. The van der Waals surface area contributed by atoms with Gasteiger partial charge in [0.15, 0.2) is 4.84 Å². The Bertz CT molecular complexity index is 368. The van der Waals surface area contributed by atoms with E-state index >= 15 is 0 Å². The van der Waals surface area contributed by atoms with Crippen LogP contribution in [0.15, 0.2) is 18.2 Å². The van der Waals surface area contributed by atoms with Gasteiger partial charge < -0.3 is 10.1 Å². The molecule has 82 valence electrons. The van der Waals surface area contributed by atoms with E-state index < -0.39 is 10.7 Å². The number of hydrogen-bond donors (Lipinski definition) is 1. The lowest BCUT2D eigenvalue weighted by molar-refractivity contribution is -0.114. The lowest BCUT2D eigenvalue weighted by Crippen LogP contribution is -2.18. The van der Waals surface area contributed by atoms with Crippen LogP contribution in [-0.2, 0) is 4.79 Å². The molecule has 1 aromatic carbocycles. The summed E-state index contributed by atoms with van der Waals surface area (Å²) in [7, 11) is 1.51. The van der Waals surface area contributed by atoms with Gasteiger partial charge >= 0.3 is 0 Å². The summed E-state index contributed by atoms with van der Waals surface area (Å²) in [5.41, 5.74) is 0.511. The van der Waals surface area contributed by atoms with Crippen LogP contribution in [0, 0.1) is 0 Å². The van der Waals surface area contributed by atoms with Crippen LogP contribution in [0.3, 0.4) is 0 Å². The van der Waals surface area contributed by atoms with Crippen molar-refractivity contribution in [1.29, 1.82) is 0 Å². The molecule has 1 rings (SSSR count). The fourth-order valence-electron chi connectivity index (χ4n) is 0.941. The molecule has 0 saturated carbocycles. The molecule has 0 radical (unpaired) electrons. The third kappa shape index (κ3) is 3.45. The average Bonchev–Trinajstić information content (AvgIpc) is 2.18. The van der Waals surface area contributed by atoms with Gasteiger partial charge in [0.05, 0.1) is 12.1 Å². The fourth-order valence-corrected chi connectivity index (χ4v) is 1.31. The first-order valence-electron chi connectivity index (χ1n) is 3.97. The molecule has 1 aromatic rings. The lowest BCUT2D eigenvalue weighted by Gasteiger charge is -2.07. The number of methoxy groups -OCH3 is 1. The summed E-state index contributed by atoms with van der Waals surface area (Å²) in [4.78, 5) is 10.0. The minimum atomic E-state index is -1.11. The second-order valence-corrected chi connectivity index (χ2v) is 4.14. The predicted octanol–water partition coefficient (Wildman–Crippen LogP) is 3.09. The molecule has 0 saturated heterocycles. The van der Waals surface area contributed by atoms with Crippen LogP contribution in [0.2, 0.25) is 5.02 Å². The highest BCUT2D eigenvalue weighted by Gasteiger charge is 2.12. The zero-order valence-electron chi connectivity index (χ0n) is 7.76. The van der Waals surface area contributed by atoms with Crippen LogP contribution < -0.4 is 10.1 Å². The molecule has 0 aliphatic rings. The fraction of sp³-hybridized carbons (Fsp3) is 0.222. The van der Waals surface area contributed by atoms with Gasteiger partial charge in [0.2, 0.25) is 0 Å². The summed E-state index contributed by atoms with van der Waals surface area (Å²) < 4.78 is 4.96. The first kappa shape index (κ1) is 12.4. The third-order valence-electron chi connectivity index (χ3n) is 1.62. The van der Waals surface area contributed by atoms with Crippen LogP contribution >= 0.6 is 34.8 Å². The molecule has 0 bridgehead atoms. The SMILES string of the molecule is COc1ccc(NC(=O)C(Cl)Cl)cc1Cl. The Morgan fingerprint density at radius 2 is 2.13 bits per heavy atom. The van der Waals surface area contributed by atoms with Crippen LogP contribution in [0.25, 0.3) is 0 Å². The summed E-state index contributed by atoms with van der Waals surface area (Å²) >= 11 is 16.6. The van der Waals surface area contributed by atoms with E-state index in [1.54, 1.807) is 18.2 Å². The van der Waals surface area contributed by atoms with E-state index in [9.17, 15) is 4.79 Å². The molecule has 0 aliphatic heterocycles. The number of nitrogens with one attached hydrogen (secondary N) is 1. The Morgan fingerprint density at radius 1 is 1.47 bits per heavy atom. The monoisotopic (exact) mass is 267 g/mol. The molecule has 0 fully saturated rings. The van der Waals surface area contributed by atoms with Gasteiger partial charge in [0.25, 0.3) is 5.91 Å². The second kappa shape index (κ2) is 5.45. The number of rotatable bonds is 3. The van der Waals surface area contributed by atoms with Crippen molar-refractivity contribution in [2.45, 2.75) is 4.84 Å². The number of halogens is 3. The molecule has 6 heteroatoms. The molecule has 0 heterocycles. The molecule has 15 heavy (non-hydrogen) atoms. The number of amides is 1. The lowest BCUT2D eigenvalue weighted by atomic mass is 10.3. The second-order valence-electron chi connectivity index (χ2n) is 2.64. The van der Waals surface area contributed by atoms with E-state index in [2.05, 4.69) is 5.32 Å². The van der Waals surface area contributed by atoms with Crippen molar-refractivity contribution in [1.82, 2.24) is 0 Å². The normalized spacial score (nSPS) is 10.2. The van der Waals surface area contributed by atoms with Gasteiger partial charge in [0.1, 0.15) is 5.75 Å². The highest BCUT2D eigenvalue weighted by atomic mass is 35.5. The number of ether oxygens (including phenoxy) is 1. The van der Waals surface area contributed by atoms with E-state index in [-0.39, 0.29) is 0 Å². The Morgan fingerprint density at radius 3 is 2.60 bits per heavy atom. The maximum atomic E-state index is 11.1. The minimum absolute atomic E-state index is 0.399. The van der Waals surface area contributed by atoms with Crippen molar-refractivity contribution in [3.05, 3.63) is 23.2 Å². The molecule has 1 amide bonds. The minimum Gasteiger partial charge on any atom is -0.495 e. The molecular formula is C9H8Cl3NO2. The standard InChI is InChI=1S/C9H8Cl3NO2/c1-15-7-3-2-5(4-6(7)10)13-9(14)8(11)12/h2-4,8H,1H3,(H,13,14). The van der Waals surface area contributed by atoms with E-state index in [1.807, 2.05) is 0 Å². The largest absolute Gasteiger partial charge is 0.495 e.